The van der Waals surface area contributed by atoms with E-state index in [1.807, 2.05) is 32.9 Å². The largest absolute Gasteiger partial charge is 0.467 e. The summed E-state index contributed by atoms with van der Waals surface area (Å²) in [5.41, 5.74) is 1.95. The number of methoxy groups -OCH3 is 1. The molecule has 0 fully saturated rings. The van der Waals surface area contributed by atoms with Gasteiger partial charge in [0, 0.05) is 5.56 Å². The number of hydrogen-bond donors (Lipinski definition) is 1. The van der Waals surface area contributed by atoms with Crippen LogP contribution in [0.4, 0.5) is 0 Å². The second-order valence-corrected chi connectivity index (χ2v) is 4.34. The number of aliphatic hydroxyl groups is 1. The molecule has 0 heterocycles. The molecule has 1 atom stereocenters. The molecule has 1 unspecified atom stereocenters. The number of hydrogen-bond acceptors (Lipinski definition) is 3. The predicted octanol–water partition coefficient (Wildman–Crippen LogP) is 1.99. The molecule has 0 spiro atoms. The number of aryl methyl sites for hydroxylation is 3. The number of rotatable bonds is 2. The van der Waals surface area contributed by atoms with Gasteiger partial charge in [0.15, 0.2) is 5.60 Å². The highest BCUT2D eigenvalue weighted by Crippen LogP contribution is 2.29. The molecule has 3 nitrogen and oxygen atoms in total. The molecule has 0 aliphatic rings. The van der Waals surface area contributed by atoms with E-state index in [-0.39, 0.29) is 0 Å². The van der Waals surface area contributed by atoms with Crippen molar-refractivity contribution in [3.63, 3.8) is 0 Å². The second kappa shape index (κ2) is 4.26. The first-order valence-electron chi connectivity index (χ1n) is 5.19. The minimum Gasteiger partial charge on any atom is -0.467 e. The van der Waals surface area contributed by atoms with Crippen LogP contribution in [-0.4, -0.2) is 18.2 Å². The van der Waals surface area contributed by atoms with Gasteiger partial charge in [0.25, 0.3) is 0 Å². The van der Waals surface area contributed by atoms with Crippen molar-refractivity contribution >= 4 is 5.97 Å². The van der Waals surface area contributed by atoms with Gasteiger partial charge >= 0.3 is 5.97 Å². The fourth-order valence-corrected chi connectivity index (χ4v) is 2.25. The molecule has 0 aromatic heterocycles. The number of benzene rings is 1. The number of ether oxygens (including phenoxy) is 1. The van der Waals surface area contributed by atoms with Crippen molar-refractivity contribution < 1.29 is 14.6 Å². The lowest BCUT2D eigenvalue weighted by molar-refractivity contribution is -0.161. The molecule has 1 rings (SSSR count). The van der Waals surface area contributed by atoms with E-state index in [9.17, 15) is 9.90 Å². The number of carbonyl (C=O) groups is 1. The van der Waals surface area contributed by atoms with Gasteiger partial charge in [-0.15, -0.1) is 0 Å². The highest BCUT2D eigenvalue weighted by molar-refractivity contribution is 5.81. The van der Waals surface area contributed by atoms with Crippen LogP contribution in [0.2, 0.25) is 0 Å². The Morgan fingerprint density at radius 1 is 1.25 bits per heavy atom. The summed E-state index contributed by atoms with van der Waals surface area (Å²) in [5, 5.41) is 10.2. The summed E-state index contributed by atoms with van der Waals surface area (Å²) in [6, 6.07) is 3.89. The maximum Gasteiger partial charge on any atom is 0.342 e. The Morgan fingerprint density at radius 3 is 2.06 bits per heavy atom. The van der Waals surface area contributed by atoms with E-state index >= 15 is 0 Å². The molecule has 1 N–H and O–H groups in total. The third-order valence-electron chi connectivity index (χ3n) is 2.75. The zero-order chi connectivity index (χ0) is 12.5. The van der Waals surface area contributed by atoms with Crippen LogP contribution in [0.3, 0.4) is 0 Å². The summed E-state index contributed by atoms with van der Waals surface area (Å²) >= 11 is 0. The minimum atomic E-state index is -1.59. The first kappa shape index (κ1) is 12.7. The molecule has 88 valence electrons. The zero-order valence-electron chi connectivity index (χ0n) is 10.4. The van der Waals surface area contributed by atoms with Gasteiger partial charge in [-0.3, -0.25) is 0 Å². The van der Waals surface area contributed by atoms with Crippen LogP contribution in [0.1, 0.15) is 29.2 Å². The van der Waals surface area contributed by atoms with Crippen LogP contribution in [0.5, 0.6) is 0 Å². The van der Waals surface area contributed by atoms with E-state index in [1.54, 1.807) is 0 Å². The molecule has 0 aliphatic carbocycles. The molecular weight excluding hydrogens is 204 g/mol. The van der Waals surface area contributed by atoms with Crippen LogP contribution in [0.15, 0.2) is 12.1 Å². The van der Waals surface area contributed by atoms with E-state index in [2.05, 4.69) is 4.74 Å². The summed E-state index contributed by atoms with van der Waals surface area (Å²) in [5.74, 6) is -0.637. The lowest BCUT2D eigenvalue weighted by Crippen LogP contribution is -2.35. The van der Waals surface area contributed by atoms with Gasteiger partial charge in [0.05, 0.1) is 7.11 Å². The van der Waals surface area contributed by atoms with E-state index in [1.165, 1.54) is 14.0 Å². The van der Waals surface area contributed by atoms with Crippen molar-refractivity contribution in [1.82, 2.24) is 0 Å². The Morgan fingerprint density at radius 2 is 1.69 bits per heavy atom. The molecule has 0 saturated heterocycles. The standard InChI is InChI=1S/C13H18O3/c1-8-6-9(2)11(10(3)7-8)13(4,15)12(14)16-5/h6-7,15H,1-5H3. The van der Waals surface area contributed by atoms with E-state index in [0.717, 1.165) is 16.7 Å². The highest BCUT2D eigenvalue weighted by Gasteiger charge is 2.36. The maximum absolute atomic E-state index is 11.6. The highest BCUT2D eigenvalue weighted by atomic mass is 16.5. The average molecular weight is 222 g/mol. The molecule has 0 bridgehead atoms. The SMILES string of the molecule is COC(=O)C(C)(O)c1c(C)cc(C)cc1C. The van der Waals surface area contributed by atoms with Gasteiger partial charge in [-0.25, -0.2) is 4.79 Å². The molecule has 0 amide bonds. The fraction of sp³-hybridized carbons (Fsp3) is 0.462. The third-order valence-corrected chi connectivity index (χ3v) is 2.75. The van der Waals surface area contributed by atoms with Crippen molar-refractivity contribution in [1.29, 1.82) is 0 Å². The van der Waals surface area contributed by atoms with Crippen LogP contribution in [0, 0.1) is 20.8 Å². The Bertz CT molecular complexity index is 396. The lowest BCUT2D eigenvalue weighted by atomic mass is 9.87. The van der Waals surface area contributed by atoms with Crippen molar-refractivity contribution in [2.24, 2.45) is 0 Å². The monoisotopic (exact) mass is 222 g/mol. The number of esters is 1. The predicted molar refractivity (Wildman–Crippen MR) is 62.2 cm³/mol. The molecule has 3 heteroatoms. The number of carbonyl (C=O) groups excluding carboxylic acids is 1. The van der Waals surface area contributed by atoms with Crippen LogP contribution in [-0.2, 0) is 15.1 Å². The van der Waals surface area contributed by atoms with Gasteiger partial charge in [0.1, 0.15) is 0 Å². The van der Waals surface area contributed by atoms with Crippen molar-refractivity contribution in [2.75, 3.05) is 7.11 Å². The van der Waals surface area contributed by atoms with Crippen molar-refractivity contribution in [2.45, 2.75) is 33.3 Å². The molecule has 0 saturated carbocycles. The fourth-order valence-electron chi connectivity index (χ4n) is 2.25. The minimum absolute atomic E-state index is 0.630. The Hall–Kier alpha value is -1.35. The summed E-state index contributed by atoms with van der Waals surface area (Å²) < 4.78 is 4.62. The van der Waals surface area contributed by atoms with Crippen LogP contribution >= 0.6 is 0 Å². The first-order chi connectivity index (χ1) is 7.30. The Kier molecular flexibility index (Phi) is 3.38. The van der Waals surface area contributed by atoms with Gasteiger partial charge in [0.2, 0.25) is 0 Å². The van der Waals surface area contributed by atoms with Crippen molar-refractivity contribution in [3.05, 3.63) is 34.4 Å². The van der Waals surface area contributed by atoms with Crippen molar-refractivity contribution in [3.8, 4) is 0 Å². The Balaban J connectivity index is 3.38. The smallest absolute Gasteiger partial charge is 0.342 e. The average Bonchev–Trinajstić information content (AvgIpc) is 2.14. The lowest BCUT2D eigenvalue weighted by Gasteiger charge is -2.25. The third kappa shape index (κ3) is 2.09. The topological polar surface area (TPSA) is 46.5 Å². The van der Waals surface area contributed by atoms with Gasteiger partial charge in [-0.2, -0.15) is 0 Å². The molecule has 1 aromatic carbocycles. The molecule has 1 aromatic rings. The van der Waals surface area contributed by atoms with Crippen LogP contribution in [0.25, 0.3) is 0 Å². The summed E-state index contributed by atoms with van der Waals surface area (Å²) in [7, 11) is 1.27. The summed E-state index contributed by atoms with van der Waals surface area (Å²) in [4.78, 5) is 11.6. The van der Waals surface area contributed by atoms with Gasteiger partial charge in [-0.1, -0.05) is 17.7 Å². The summed E-state index contributed by atoms with van der Waals surface area (Å²) in [6.45, 7) is 7.21. The molecule has 0 aliphatic heterocycles. The van der Waals surface area contributed by atoms with Gasteiger partial charge < -0.3 is 9.84 Å². The summed E-state index contributed by atoms with van der Waals surface area (Å²) in [6.07, 6.45) is 0. The van der Waals surface area contributed by atoms with Gasteiger partial charge in [-0.05, 0) is 38.8 Å². The first-order valence-corrected chi connectivity index (χ1v) is 5.19. The molecule has 0 radical (unpaired) electrons. The van der Waals surface area contributed by atoms with E-state index in [4.69, 9.17) is 0 Å². The maximum atomic E-state index is 11.6. The van der Waals surface area contributed by atoms with Crippen LogP contribution < -0.4 is 0 Å². The molecular formula is C13H18O3. The van der Waals surface area contributed by atoms with E-state index in [0.29, 0.717) is 5.56 Å². The Labute approximate surface area is 96.1 Å². The molecule has 16 heavy (non-hydrogen) atoms. The normalized spacial score (nSPS) is 14.4. The quantitative estimate of drug-likeness (QED) is 0.778. The van der Waals surface area contributed by atoms with E-state index < -0.39 is 11.6 Å². The zero-order valence-corrected chi connectivity index (χ0v) is 10.4. The second-order valence-electron chi connectivity index (χ2n) is 4.34.